The van der Waals surface area contributed by atoms with Gasteiger partial charge in [-0.25, -0.2) is 4.98 Å². The van der Waals surface area contributed by atoms with Crippen molar-refractivity contribution in [2.24, 2.45) is 0 Å². The van der Waals surface area contributed by atoms with E-state index in [9.17, 15) is 23.1 Å². The molecule has 0 bridgehead atoms. The molecule has 4 nitrogen and oxygen atoms in total. The Bertz CT molecular complexity index is 553. The third-order valence-electron chi connectivity index (χ3n) is 3.08. The van der Waals surface area contributed by atoms with E-state index < -0.39 is 30.7 Å². The number of carbonyl (C=O) groups excluding carboxylic acids is 1. The Morgan fingerprint density at radius 3 is 2.60 bits per heavy atom. The average molecular weight is 329 g/mol. The molecule has 1 aromatic heterocycles. The molecule has 9 heteroatoms. The highest BCUT2D eigenvalue weighted by Gasteiger charge is 2.58. The first-order valence-corrected chi connectivity index (χ1v) is 6.30. The number of alkyl halides is 3. The zero-order valence-corrected chi connectivity index (χ0v) is 11.4. The third-order valence-corrected chi connectivity index (χ3v) is 3.59. The second-order valence-corrected chi connectivity index (χ2v) is 5.26. The predicted octanol–water partition coefficient (Wildman–Crippen LogP) is 2.53. The highest BCUT2D eigenvalue weighted by molar-refractivity contribution is 6.34. The molecule has 0 spiro atoms. The summed E-state index contributed by atoms with van der Waals surface area (Å²) in [6.45, 7) is -1.08. The van der Waals surface area contributed by atoms with Crippen molar-refractivity contribution in [1.82, 2.24) is 9.88 Å². The van der Waals surface area contributed by atoms with Crippen molar-refractivity contribution in [2.45, 2.75) is 18.2 Å². The maximum Gasteiger partial charge on any atom is 0.419 e. The van der Waals surface area contributed by atoms with Crippen LogP contribution in [0.25, 0.3) is 0 Å². The van der Waals surface area contributed by atoms with Crippen molar-refractivity contribution < 1.29 is 23.1 Å². The van der Waals surface area contributed by atoms with Gasteiger partial charge in [0.2, 0.25) is 0 Å². The van der Waals surface area contributed by atoms with Crippen LogP contribution in [0, 0.1) is 0 Å². The first-order chi connectivity index (χ1) is 9.14. The van der Waals surface area contributed by atoms with Crippen LogP contribution in [0.3, 0.4) is 0 Å². The minimum atomic E-state index is -4.80. The van der Waals surface area contributed by atoms with Gasteiger partial charge >= 0.3 is 6.18 Å². The summed E-state index contributed by atoms with van der Waals surface area (Å²) in [4.78, 5) is 16.6. The first-order valence-electron chi connectivity index (χ1n) is 5.54. The number of amides is 1. The lowest BCUT2D eigenvalue weighted by atomic mass is 10.0. The van der Waals surface area contributed by atoms with E-state index >= 15 is 0 Å². The van der Waals surface area contributed by atoms with Crippen LogP contribution in [0.5, 0.6) is 0 Å². The SMILES string of the molecule is O=C(c1nc(Cl)ccc1Cl)N1CC[C@](O)(C(F)(F)F)C1. The van der Waals surface area contributed by atoms with Crippen LogP contribution in [0.4, 0.5) is 13.2 Å². The lowest BCUT2D eigenvalue weighted by molar-refractivity contribution is -0.253. The maximum atomic E-state index is 12.7. The topological polar surface area (TPSA) is 53.4 Å². The number of rotatable bonds is 1. The molecule has 0 aliphatic carbocycles. The fraction of sp³-hybridized carbons (Fsp3) is 0.455. The normalized spacial score (nSPS) is 23.2. The van der Waals surface area contributed by atoms with E-state index in [-0.39, 0.29) is 22.4 Å². The van der Waals surface area contributed by atoms with Crippen molar-refractivity contribution in [3.63, 3.8) is 0 Å². The summed E-state index contributed by atoms with van der Waals surface area (Å²) in [5.41, 5.74) is -3.13. The van der Waals surface area contributed by atoms with Gasteiger partial charge < -0.3 is 10.0 Å². The van der Waals surface area contributed by atoms with Gasteiger partial charge in [-0.2, -0.15) is 13.2 Å². The number of nitrogens with zero attached hydrogens (tertiary/aromatic N) is 2. The number of halogens is 5. The molecule has 1 aliphatic heterocycles. The summed E-state index contributed by atoms with van der Waals surface area (Å²) >= 11 is 11.4. The number of pyridine rings is 1. The molecule has 0 saturated carbocycles. The summed E-state index contributed by atoms with van der Waals surface area (Å²) in [6, 6.07) is 2.69. The van der Waals surface area contributed by atoms with Crippen LogP contribution < -0.4 is 0 Å². The molecule has 110 valence electrons. The van der Waals surface area contributed by atoms with Gasteiger partial charge in [-0.3, -0.25) is 4.79 Å². The number of carbonyl (C=O) groups is 1. The molecular formula is C11H9Cl2F3N2O2. The minimum absolute atomic E-state index is 0.00281. The zero-order chi connectivity index (χ0) is 15.1. The van der Waals surface area contributed by atoms with E-state index in [2.05, 4.69) is 4.98 Å². The van der Waals surface area contributed by atoms with E-state index in [1.54, 1.807) is 0 Å². The van der Waals surface area contributed by atoms with E-state index in [1.165, 1.54) is 12.1 Å². The van der Waals surface area contributed by atoms with Crippen LogP contribution in [0.15, 0.2) is 12.1 Å². The molecular weight excluding hydrogens is 320 g/mol. The first kappa shape index (κ1) is 15.3. The molecule has 1 aliphatic rings. The van der Waals surface area contributed by atoms with Gasteiger partial charge in [0.15, 0.2) is 5.60 Å². The maximum absolute atomic E-state index is 12.7. The number of likely N-dealkylation sites (tertiary alicyclic amines) is 1. The second-order valence-electron chi connectivity index (χ2n) is 4.47. The Hall–Kier alpha value is -1.05. The van der Waals surface area contributed by atoms with E-state index in [1.807, 2.05) is 0 Å². The van der Waals surface area contributed by atoms with Gasteiger partial charge in [0.05, 0.1) is 11.6 Å². The van der Waals surface area contributed by atoms with Crippen LogP contribution >= 0.6 is 23.2 Å². The minimum Gasteiger partial charge on any atom is -0.379 e. The summed E-state index contributed by atoms with van der Waals surface area (Å²) in [7, 11) is 0. The molecule has 20 heavy (non-hydrogen) atoms. The summed E-state index contributed by atoms with van der Waals surface area (Å²) in [5.74, 6) is -0.794. The molecule has 1 saturated heterocycles. The highest BCUT2D eigenvalue weighted by atomic mass is 35.5. The van der Waals surface area contributed by atoms with E-state index in [0.717, 1.165) is 4.90 Å². The monoisotopic (exact) mass is 328 g/mol. The smallest absolute Gasteiger partial charge is 0.379 e. The molecule has 0 aromatic carbocycles. The Labute approximate surface area is 122 Å². The summed E-state index contributed by atoms with van der Waals surface area (Å²) < 4.78 is 38.0. The largest absolute Gasteiger partial charge is 0.419 e. The Morgan fingerprint density at radius 2 is 2.05 bits per heavy atom. The fourth-order valence-electron chi connectivity index (χ4n) is 1.92. The predicted molar refractivity (Wildman–Crippen MR) is 65.8 cm³/mol. The standard InChI is InChI=1S/C11H9Cl2F3N2O2/c12-6-1-2-7(13)17-8(6)9(19)18-4-3-10(20,5-18)11(14,15)16/h1-2,20H,3-5H2/t10-/m1/s1. The van der Waals surface area contributed by atoms with E-state index in [0.29, 0.717) is 0 Å². The Kier molecular flexibility index (Phi) is 3.88. The Balaban J connectivity index is 2.22. The van der Waals surface area contributed by atoms with Crippen LogP contribution in [0.2, 0.25) is 10.2 Å². The molecule has 1 fully saturated rings. The lowest BCUT2D eigenvalue weighted by Crippen LogP contribution is -2.48. The van der Waals surface area contributed by atoms with Gasteiger partial charge in [-0.1, -0.05) is 23.2 Å². The molecule has 2 rings (SSSR count). The highest BCUT2D eigenvalue weighted by Crippen LogP contribution is 2.38. The zero-order valence-electron chi connectivity index (χ0n) is 9.92. The van der Waals surface area contributed by atoms with Crippen LogP contribution in [-0.4, -0.2) is 45.8 Å². The van der Waals surface area contributed by atoms with E-state index in [4.69, 9.17) is 23.2 Å². The summed E-state index contributed by atoms with van der Waals surface area (Å²) in [5, 5.41) is 9.51. The number of hydrogen-bond acceptors (Lipinski definition) is 3. The molecule has 2 heterocycles. The average Bonchev–Trinajstić information content (AvgIpc) is 2.75. The summed E-state index contributed by atoms with van der Waals surface area (Å²) in [6.07, 6.45) is -5.38. The number of aliphatic hydroxyl groups is 1. The van der Waals surface area contributed by atoms with Crippen molar-refractivity contribution in [3.05, 3.63) is 28.0 Å². The van der Waals surface area contributed by atoms with Crippen molar-refractivity contribution in [3.8, 4) is 0 Å². The number of β-amino-alcohol motifs (C(OH)–C–C–N with tert-alkyl or cyclic N) is 1. The number of hydrogen-bond donors (Lipinski definition) is 1. The van der Waals surface area contributed by atoms with Gasteiger partial charge in [0, 0.05) is 13.0 Å². The molecule has 0 unspecified atom stereocenters. The van der Waals surface area contributed by atoms with Crippen molar-refractivity contribution in [2.75, 3.05) is 13.1 Å². The van der Waals surface area contributed by atoms with Gasteiger partial charge in [-0.15, -0.1) is 0 Å². The van der Waals surface area contributed by atoms with Crippen LogP contribution in [-0.2, 0) is 0 Å². The molecule has 0 radical (unpaired) electrons. The molecule has 1 N–H and O–H groups in total. The van der Waals surface area contributed by atoms with Crippen molar-refractivity contribution in [1.29, 1.82) is 0 Å². The molecule has 1 amide bonds. The second kappa shape index (κ2) is 5.05. The van der Waals surface area contributed by atoms with Crippen molar-refractivity contribution >= 4 is 29.1 Å². The third kappa shape index (κ3) is 2.70. The van der Waals surface area contributed by atoms with Crippen LogP contribution in [0.1, 0.15) is 16.9 Å². The van der Waals surface area contributed by atoms with Gasteiger partial charge in [-0.05, 0) is 12.1 Å². The van der Waals surface area contributed by atoms with Gasteiger partial charge in [0.1, 0.15) is 10.8 Å². The Morgan fingerprint density at radius 1 is 1.40 bits per heavy atom. The lowest BCUT2D eigenvalue weighted by Gasteiger charge is -2.25. The fourth-order valence-corrected chi connectivity index (χ4v) is 2.25. The quantitative estimate of drug-likeness (QED) is 0.806. The molecule has 1 atom stereocenters. The molecule has 1 aromatic rings. The number of aromatic nitrogens is 1. The van der Waals surface area contributed by atoms with Gasteiger partial charge in [0.25, 0.3) is 5.91 Å².